The lowest BCUT2D eigenvalue weighted by molar-refractivity contribution is -0.118. The number of hydrogen-bond donors (Lipinski definition) is 1. The van der Waals surface area contributed by atoms with Crippen LogP contribution in [0.3, 0.4) is 0 Å². The number of aromatic nitrogens is 2. The quantitative estimate of drug-likeness (QED) is 0.218. The summed E-state index contributed by atoms with van der Waals surface area (Å²) in [4.78, 5) is 30.5. The minimum absolute atomic E-state index is 0.235. The van der Waals surface area contributed by atoms with E-state index >= 15 is 0 Å². The lowest BCUT2D eigenvalue weighted by Crippen LogP contribution is -2.29. The molecule has 3 aromatic carbocycles. The number of methoxy groups -OCH3 is 1. The molecule has 4 aromatic rings. The van der Waals surface area contributed by atoms with Crippen molar-refractivity contribution in [1.82, 2.24) is 9.66 Å². The maximum absolute atomic E-state index is 13.4. The first kappa shape index (κ1) is 28.8. The number of benzene rings is 3. The van der Waals surface area contributed by atoms with Crippen molar-refractivity contribution in [3.05, 3.63) is 90.3 Å². The highest BCUT2D eigenvalue weighted by atomic mass is 79.9. The van der Waals surface area contributed by atoms with Crippen LogP contribution < -0.4 is 20.3 Å². The molecule has 0 spiro atoms. The average Bonchev–Trinajstić information content (AvgIpc) is 2.88. The summed E-state index contributed by atoms with van der Waals surface area (Å²) in [6.45, 7) is 5.68. The van der Waals surface area contributed by atoms with Crippen molar-refractivity contribution < 1.29 is 14.3 Å². The van der Waals surface area contributed by atoms with Gasteiger partial charge in [-0.15, -0.1) is 0 Å². The van der Waals surface area contributed by atoms with E-state index < -0.39 is 5.41 Å². The molecule has 0 aliphatic rings. The Balaban J connectivity index is 1.61. The lowest BCUT2D eigenvalue weighted by Gasteiger charge is -2.21. The van der Waals surface area contributed by atoms with Gasteiger partial charge in [0.15, 0.2) is 18.1 Å². The van der Waals surface area contributed by atoms with Crippen LogP contribution in [0.2, 0.25) is 5.02 Å². The minimum atomic E-state index is -0.447. The van der Waals surface area contributed by atoms with Crippen LogP contribution in [0.1, 0.15) is 32.2 Å². The third kappa shape index (κ3) is 6.87. The number of rotatable bonds is 7. The number of carbonyl (C=O) groups is 1. The van der Waals surface area contributed by atoms with Crippen molar-refractivity contribution in [3.63, 3.8) is 0 Å². The van der Waals surface area contributed by atoms with Crippen molar-refractivity contribution in [2.24, 2.45) is 5.10 Å². The van der Waals surface area contributed by atoms with Crippen LogP contribution >= 0.6 is 43.5 Å². The molecule has 0 saturated heterocycles. The van der Waals surface area contributed by atoms with E-state index in [4.69, 9.17) is 26.1 Å². The highest BCUT2D eigenvalue weighted by Gasteiger charge is 2.23. The standard InChI is InChI=1S/C28H25Br2ClN4O4/c1-28(2,3)27-34-22-10-5-17(29)12-20(22)26(37)35(27)32-14-16-11-23(38-4)24(13-21(16)30)39-15-25(36)33-19-8-6-18(31)7-9-19/h5-14H,15H2,1-4H3,(H,33,36). The first-order chi connectivity index (χ1) is 18.5. The zero-order chi connectivity index (χ0) is 28.3. The Hall–Kier alpha value is -3.21. The first-order valence-corrected chi connectivity index (χ1v) is 13.8. The summed E-state index contributed by atoms with van der Waals surface area (Å²) < 4.78 is 13.9. The number of ether oxygens (including phenoxy) is 2. The molecule has 11 heteroatoms. The van der Waals surface area contributed by atoms with Crippen LogP contribution in [-0.4, -0.2) is 35.5 Å². The maximum Gasteiger partial charge on any atom is 0.282 e. The highest BCUT2D eigenvalue weighted by molar-refractivity contribution is 9.10. The van der Waals surface area contributed by atoms with Gasteiger partial charge in [0.25, 0.3) is 11.5 Å². The monoisotopic (exact) mass is 674 g/mol. The van der Waals surface area contributed by atoms with Gasteiger partial charge in [0, 0.05) is 30.6 Å². The molecule has 202 valence electrons. The lowest BCUT2D eigenvalue weighted by atomic mass is 9.95. The van der Waals surface area contributed by atoms with Crippen LogP contribution in [0.5, 0.6) is 11.5 Å². The van der Waals surface area contributed by atoms with Gasteiger partial charge in [-0.1, -0.05) is 48.3 Å². The predicted octanol–water partition coefficient (Wildman–Crippen LogP) is 6.78. The van der Waals surface area contributed by atoms with Gasteiger partial charge in [-0.3, -0.25) is 9.59 Å². The third-order valence-electron chi connectivity index (χ3n) is 5.56. The number of amides is 1. The second kappa shape index (κ2) is 11.9. The minimum Gasteiger partial charge on any atom is -0.493 e. The van der Waals surface area contributed by atoms with Crippen molar-refractivity contribution in [2.45, 2.75) is 26.2 Å². The molecule has 1 N–H and O–H groups in total. The summed E-state index contributed by atoms with van der Waals surface area (Å²) >= 11 is 12.8. The summed E-state index contributed by atoms with van der Waals surface area (Å²) in [5.74, 6) is 0.930. The molecule has 4 rings (SSSR count). The number of anilines is 1. The second-order valence-electron chi connectivity index (χ2n) is 9.58. The SMILES string of the molecule is COc1cc(C=Nn2c(C(C)(C)C)nc3ccc(Br)cc3c2=O)c(Br)cc1OCC(=O)Nc1ccc(Cl)cc1. The van der Waals surface area contributed by atoms with Gasteiger partial charge < -0.3 is 14.8 Å². The summed E-state index contributed by atoms with van der Waals surface area (Å²) in [6.07, 6.45) is 1.55. The Morgan fingerprint density at radius 1 is 1.10 bits per heavy atom. The van der Waals surface area contributed by atoms with E-state index in [1.165, 1.54) is 11.8 Å². The molecule has 0 fully saturated rings. The number of carbonyl (C=O) groups excluding carboxylic acids is 1. The summed E-state index contributed by atoms with van der Waals surface area (Å²) in [5.41, 5.74) is 1.11. The normalized spacial score (nSPS) is 11.7. The molecule has 0 aliphatic heterocycles. The summed E-state index contributed by atoms with van der Waals surface area (Å²) in [5, 5.41) is 8.29. The molecule has 1 heterocycles. The van der Waals surface area contributed by atoms with Gasteiger partial charge in [0.05, 0.1) is 24.2 Å². The van der Waals surface area contributed by atoms with Gasteiger partial charge in [-0.05, 0) is 70.5 Å². The Morgan fingerprint density at radius 3 is 2.49 bits per heavy atom. The Labute approximate surface area is 247 Å². The fourth-order valence-electron chi connectivity index (χ4n) is 3.66. The Kier molecular flexibility index (Phi) is 8.78. The van der Waals surface area contributed by atoms with Crippen LogP contribution in [0.25, 0.3) is 10.9 Å². The number of nitrogens with one attached hydrogen (secondary N) is 1. The van der Waals surface area contributed by atoms with E-state index in [2.05, 4.69) is 42.3 Å². The van der Waals surface area contributed by atoms with Crippen LogP contribution in [0.15, 0.2) is 73.4 Å². The van der Waals surface area contributed by atoms with Gasteiger partial charge in [-0.2, -0.15) is 9.78 Å². The summed E-state index contributed by atoms with van der Waals surface area (Å²) in [6, 6.07) is 15.5. The molecule has 1 amide bonds. The van der Waals surface area contributed by atoms with E-state index in [1.54, 1.807) is 54.7 Å². The summed E-state index contributed by atoms with van der Waals surface area (Å²) in [7, 11) is 1.50. The molecule has 0 saturated carbocycles. The van der Waals surface area contributed by atoms with Crippen molar-refractivity contribution >= 4 is 72.2 Å². The molecular weight excluding hydrogens is 652 g/mol. The number of hydrogen-bond acceptors (Lipinski definition) is 6. The molecule has 8 nitrogen and oxygen atoms in total. The van der Waals surface area contributed by atoms with Crippen molar-refractivity contribution in [2.75, 3.05) is 19.0 Å². The van der Waals surface area contributed by atoms with Crippen molar-refractivity contribution in [3.8, 4) is 11.5 Å². The molecule has 1 aromatic heterocycles. The molecule has 0 bridgehead atoms. The molecule has 0 radical (unpaired) electrons. The van der Waals surface area contributed by atoms with Crippen molar-refractivity contribution in [1.29, 1.82) is 0 Å². The first-order valence-electron chi connectivity index (χ1n) is 11.8. The largest absolute Gasteiger partial charge is 0.493 e. The smallest absolute Gasteiger partial charge is 0.282 e. The average molecular weight is 677 g/mol. The molecule has 0 unspecified atom stereocenters. The predicted molar refractivity (Wildman–Crippen MR) is 162 cm³/mol. The molecular formula is C28H25Br2ClN4O4. The molecule has 0 atom stereocenters. The second-order valence-corrected chi connectivity index (χ2v) is 11.8. The number of nitrogens with zero attached hydrogens (tertiary/aromatic N) is 3. The molecule has 39 heavy (non-hydrogen) atoms. The van der Waals surface area contributed by atoms with E-state index in [0.717, 1.165) is 4.47 Å². The van der Waals surface area contributed by atoms with Gasteiger partial charge in [0.2, 0.25) is 0 Å². The van der Waals surface area contributed by atoms with E-state index in [9.17, 15) is 9.59 Å². The Bertz CT molecular complexity index is 1630. The fourth-order valence-corrected chi connectivity index (χ4v) is 4.57. The van der Waals surface area contributed by atoms with Gasteiger partial charge in [0.1, 0.15) is 5.82 Å². The zero-order valence-electron chi connectivity index (χ0n) is 21.6. The van der Waals surface area contributed by atoms with Gasteiger partial charge in [-0.25, -0.2) is 4.98 Å². The topological polar surface area (TPSA) is 94.8 Å². The van der Waals surface area contributed by atoms with E-state index in [1.807, 2.05) is 26.8 Å². The fraction of sp³-hybridized carbons (Fsp3) is 0.214. The van der Waals surface area contributed by atoms with E-state index in [0.29, 0.717) is 49.0 Å². The van der Waals surface area contributed by atoms with Crippen LogP contribution in [0.4, 0.5) is 5.69 Å². The van der Waals surface area contributed by atoms with Crippen LogP contribution in [0, 0.1) is 0 Å². The highest BCUT2D eigenvalue weighted by Crippen LogP contribution is 2.33. The van der Waals surface area contributed by atoms with E-state index in [-0.39, 0.29) is 18.1 Å². The maximum atomic E-state index is 13.4. The zero-order valence-corrected chi connectivity index (χ0v) is 25.5. The van der Waals surface area contributed by atoms with Gasteiger partial charge >= 0.3 is 0 Å². The van der Waals surface area contributed by atoms with Crippen LogP contribution in [-0.2, 0) is 10.2 Å². The number of halogens is 3. The Morgan fingerprint density at radius 2 is 1.82 bits per heavy atom. The number of fused-ring (bicyclic) bond motifs is 1. The molecule has 0 aliphatic carbocycles. The third-order valence-corrected chi connectivity index (χ3v) is 6.99.